The zero-order valence-electron chi connectivity index (χ0n) is 10.9. The van der Waals surface area contributed by atoms with E-state index in [1.165, 1.54) is 18.2 Å². The van der Waals surface area contributed by atoms with Crippen LogP contribution >= 0.6 is 11.6 Å². The van der Waals surface area contributed by atoms with Gasteiger partial charge in [0.05, 0.1) is 29.3 Å². The number of benzene rings is 1. The van der Waals surface area contributed by atoms with E-state index >= 15 is 0 Å². The highest BCUT2D eigenvalue weighted by Crippen LogP contribution is 2.21. The lowest BCUT2D eigenvalue weighted by Gasteiger charge is -2.27. The largest absolute Gasteiger partial charge is 0.336 e. The normalized spacial score (nSPS) is 14.2. The summed E-state index contributed by atoms with van der Waals surface area (Å²) in [4.78, 5) is 18.5. The van der Waals surface area contributed by atoms with Crippen LogP contribution < -0.4 is 0 Å². The molecule has 0 radical (unpaired) electrons. The number of carbonyl (C=O) groups excluding carboxylic acids is 1. The maximum absolute atomic E-state index is 13.1. The number of imidazole rings is 1. The molecule has 104 valence electrons. The number of fused-ring (bicyclic) bond motifs is 1. The Bertz CT molecular complexity index is 683. The van der Waals surface area contributed by atoms with Gasteiger partial charge >= 0.3 is 0 Å². The van der Waals surface area contributed by atoms with E-state index in [4.69, 9.17) is 11.6 Å². The van der Waals surface area contributed by atoms with Gasteiger partial charge in [0.2, 0.25) is 0 Å². The lowest BCUT2D eigenvalue weighted by molar-refractivity contribution is 0.0730. The lowest BCUT2D eigenvalue weighted by Crippen LogP contribution is -2.36. The van der Waals surface area contributed by atoms with Crippen molar-refractivity contribution in [1.29, 1.82) is 0 Å². The third-order valence-electron chi connectivity index (χ3n) is 3.56. The number of amides is 1. The molecule has 1 aliphatic heterocycles. The third-order valence-corrected chi connectivity index (χ3v) is 3.85. The predicted octanol–water partition coefficient (Wildman–Crippen LogP) is 2.41. The Labute approximate surface area is 120 Å². The van der Waals surface area contributed by atoms with E-state index in [9.17, 15) is 9.18 Å². The van der Waals surface area contributed by atoms with E-state index in [0.717, 1.165) is 17.8 Å². The van der Waals surface area contributed by atoms with Crippen LogP contribution in [0.15, 0.2) is 24.5 Å². The molecule has 2 aromatic rings. The van der Waals surface area contributed by atoms with Gasteiger partial charge in [-0.3, -0.25) is 4.79 Å². The zero-order valence-corrected chi connectivity index (χ0v) is 11.7. The molecular weight excluding hydrogens is 281 g/mol. The molecule has 6 heteroatoms. The van der Waals surface area contributed by atoms with E-state index in [1.807, 2.05) is 11.6 Å². The molecule has 1 amide bonds. The molecule has 0 atom stereocenters. The molecule has 0 saturated carbocycles. The maximum Gasteiger partial charge on any atom is 0.254 e. The Kier molecular flexibility index (Phi) is 3.22. The Morgan fingerprint density at radius 2 is 2.25 bits per heavy atom. The molecule has 1 aromatic carbocycles. The van der Waals surface area contributed by atoms with Gasteiger partial charge < -0.3 is 9.47 Å². The summed E-state index contributed by atoms with van der Waals surface area (Å²) in [5.41, 5.74) is 2.48. The molecule has 0 spiro atoms. The number of hydrogen-bond donors (Lipinski definition) is 0. The van der Waals surface area contributed by atoms with Gasteiger partial charge in [0.15, 0.2) is 0 Å². The van der Waals surface area contributed by atoms with E-state index in [1.54, 1.807) is 11.2 Å². The van der Waals surface area contributed by atoms with Crippen molar-refractivity contribution >= 4 is 17.5 Å². The quantitative estimate of drug-likeness (QED) is 0.810. The SMILES string of the molecule is Cn1cnc2c1CN(C(=O)c1ccc(F)c(Cl)c1)CC2. The van der Waals surface area contributed by atoms with Crippen LogP contribution in [0.3, 0.4) is 0 Å². The molecule has 0 aliphatic carbocycles. The topological polar surface area (TPSA) is 38.1 Å². The highest BCUT2D eigenvalue weighted by Gasteiger charge is 2.24. The van der Waals surface area contributed by atoms with Gasteiger partial charge in [0, 0.05) is 25.6 Å². The standard InChI is InChI=1S/C14H13ClFN3O/c1-18-8-17-12-4-5-19(7-13(12)18)14(20)9-2-3-11(16)10(15)6-9/h2-3,6,8H,4-5,7H2,1H3. The van der Waals surface area contributed by atoms with E-state index in [-0.39, 0.29) is 10.9 Å². The van der Waals surface area contributed by atoms with E-state index < -0.39 is 5.82 Å². The van der Waals surface area contributed by atoms with Crippen molar-refractivity contribution in [2.24, 2.45) is 7.05 Å². The second kappa shape index (κ2) is 4.90. The molecule has 20 heavy (non-hydrogen) atoms. The lowest BCUT2D eigenvalue weighted by atomic mass is 10.1. The summed E-state index contributed by atoms with van der Waals surface area (Å²) in [6.45, 7) is 1.12. The van der Waals surface area contributed by atoms with Crippen LogP contribution in [0.2, 0.25) is 5.02 Å². The molecule has 0 bridgehead atoms. The highest BCUT2D eigenvalue weighted by atomic mass is 35.5. The van der Waals surface area contributed by atoms with Crippen LogP contribution in [-0.4, -0.2) is 26.9 Å². The summed E-state index contributed by atoms with van der Waals surface area (Å²) >= 11 is 5.73. The number of rotatable bonds is 1. The predicted molar refractivity (Wildman–Crippen MR) is 73.1 cm³/mol. The van der Waals surface area contributed by atoms with Crippen molar-refractivity contribution < 1.29 is 9.18 Å². The Morgan fingerprint density at radius 3 is 3.00 bits per heavy atom. The first-order valence-electron chi connectivity index (χ1n) is 6.29. The first-order chi connectivity index (χ1) is 9.56. The Balaban J connectivity index is 1.85. The van der Waals surface area contributed by atoms with Gasteiger partial charge in [0.25, 0.3) is 5.91 Å². The summed E-state index contributed by atoms with van der Waals surface area (Å²) in [5.74, 6) is -0.658. The number of carbonyl (C=O) groups is 1. The van der Waals surface area contributed by atoms with Gasteiger partial charge in [-0.25, -0.2) is 9.37 Å². The number of nitrogens with zero attached hydrogens (tertiary/aromatic N) is 3. The number of aromatic nitrogens is 2. The fourth-order valence-electron chi connectivity index (χ4n) is 2.40. The van der Waals surface area contributed by atoms with Gasteiger partial charge in [0.1, 0.15) is 5.82 Å². The van der Waals surface area contributed by atoms with Gasteiger partial charge in [-0.05, 0) is 18.2 Å². The Morgan fingerprint density at radius 1 is 1.45 bits per heavy atom. The van der Waals surface area contributed by atoms with Crippen molar-refractivity contribution in [2.45, 2.75) is 13.0 Å². The molecule has 0 N–H and O–H groups in total. The van der Waals surface area contributed by atoms with Gasteiger partial charge in [-0.1, -0.05) is 11.6 Å². The molecule has 1 aromatic heterocycles. The summed E-state index contributed by atoms with van der Waals surface area (Å²) in [6, 6.07) is 4.05. The second-order valence-electron chi connectivity index (χ2n) is 4.85. The first kappa shape index (κ1) is 13.1. The first-order valence-corrected chi connectivity index (χ1v) is 6.67. The minimum atomic E-state index is -0.518. The van der Waals surface area contributed by atoms with E-state index in [0.29, 0.717) is 18.7 Å². The van der Waals surface area contributed by atoms with Crippen molar-refractivity contribution in [1.82, 2.24) is 14.5 Å². The van der Waals surface area contributed by atoms with Crippen LogP contribution in [0.5, 0.6) is 0 Å². The minimum Gasteiger partial charge on any atom is -0.336 e. The summed E-state index contributed by atoms with van der Waals surface area (Å²) < 4.78 is 15.1. The van der Waals surface area contributed by atoms with Crippen molar-refractivity contribution in [2.75, 3.05) is 6.54 Å². The molecule has 0 fully saturated rings. The number of halogens is 2. The summed E-state index contributed by atoms with van der Waals surface area (Å²) in [5, 5.41) is -0.0333. The maximum atomic E-state index is 13.1. The summed E-state index contributed by atoms with van der Waals surface area (Å²) in [6.07, 6.45) is 2.49. The zero-order chi connectivity index (χ0) is 14.3. The van der Waals surface area contributed by atoms with Crippen LogP contribution in [-0.2, 0) is 20.0 Å². The third kappa shape index (κ3) is 2.18. The van der Waals surface area contributed by atoms with Crippen LogP contribution in [0.4, 0.5) is 4.39 Å². The molecule has 3 rings (SSSR count). The van der Waals surface area contributed by atoms with Gasteiger partial charge in [-0.2, -0.15) is 0 Å². The monoisotopic (exact) mass is 293 g/mol. The molecule has 2 heterocycles. The van der Waals surface area contributed by atoms with E-state index in [2.05, 4.69) is 4.98 Å². The molecule has 4 nitrogen and oxygen atoms in total. The molecular formula is C14H13ClFN3O. The molecule has 1 aliphatic rings. The molecule has 0 unspecified atom stereocenters. The van der Waals surface area contributed by atoms with Crippen molar-refractivity contribution in [3.63, 3.8) is 0 Å². The highest BCUT2D eigenvalue weighted by molar-refractivity contribution is 6.31. The Hall–Kier alpha value is -1.88. The number of hydrogen-bond acceptors (Lipinski definition) is 2. The summed E-state index contributed by atoms with van der Waals surface area (Å²) in [7, 11) is 1.91. The average Bonchev–Trinajstić information content (AvgIpc) is 2.82. The fourth-order valence-corrected chi connectivity index (χ4v) is 2.58. The number of aryl methyl sites for hydroxylation is 1. The fraction of sp³-hybridized carbons (Fsp3) is 0.286. The average molecular weight is 294 g/mol. The van der Waals surface area contributed by atoms with Crippen molar-refractivity contribution in [3.05, 3.63) is 52.3 Å². The van der Waals surface area contributed by atoms with Crippen LogP contribution in [0, 0.1) is 5.82 Å². The van der Waals surface area contributed by atoms with Crippen molar-refractivity contribution in [3.8, 4) is 0 Å². The van der Waals surface area contributed by atoms with Gasteiger partial charge in [-0.15, -0.1) is 0 Å². The van der Waals surface area contributed by atoms with Crippen LogP contribution in [0.1, 0.15) is 21.7 Å². The smallest absolute Gasteiger partial charge is 0.254 e. The molecule has 0 saturated heterocycles. The minimum absolute atomic E-state index is 0.0333. The second-order valence-corrected chi connectivity index (χ2v) is 5.26. The van der Waals surface area contributed by atoms with Crippen LogP contribution in [0.25, 0.3) is 0 Å².